The molecule has 0 spiro atoms. The van der Waals surface area contributed by atoms with Crippen molar-refractivity contribution in [3.8, 4) is 17.1 Å². The van der Waals surface area contributed by atoms with Crippen molar-refractivity contribution in [3.05, 3.63) is 52.9 Å². The monoisotopic (exact) mass is 468 g/mol. The van der Waals surface area contributed by atoms with Crippen LogP contribution < -0.4 is 15.0 Å². The molecule has 1 aliphatic rings. The van der Waals surface area contributed by atoms with Crippen LogP contribution in [0.1, 0.15) is 18.9 Å². The first kappa shape index (κ1) is 22.9. The third-order valence-corrected chi connectivity index (χ3v) is 5.84. The smallest absolute Gasteiger partial charge is 0.222 e. The first-order chi connectivity index (χ1) is 16.0. The largest absolute Gasteiger partial charge is 0.497 e. The van der Waals surface area contributed by atoms with Gasteiger partial charge >= 0.3 is 0 Å². The van der Waals surface area contributed by atoms with E-state index in [1.54, 1.807) is 7.11 Å². The summed E-state index contributed by atoms with van der Waals surface area (Å²) in [7, 11) is 1.62. The normalized spacial score (nSPS) is 15.9. The summed E-state index contributed by atoms with van der Waals surface area (Å²) in [6.45, 7) is 5.29. The minimum absolute atomic E-state index is 0.0649. The Morgan fingerprint density at radius 2 is 2.12 bits per heavy atom. The van der Waals surface area contributed by atoms with Gasteiger partial charge < -0.3 is 19.7 Å². The van der Waals surface area contributed by atoms with E-state index in [0.717, 1.165) is 35.8 Å². The SMILES string of the molecule is COc1ccc(-c2n[nH]c(=S)n2CCC(=O)NCc2ccc(N3CCOC(C)C3)nc2)cc1. The highest BCUT2D eigenvalue weighted by Gasteiger charge is 2.17. The van der Waals surface area contributed by atoms with Crippen LogP contribution in [0.25, 0.3) is 11.4 Å². The zero-order valence-electron chi connectivity index (χ0n) is 18.8. The number of aromatic amines is 1. The molecule has 1 unspecified atom stereocenters. The van der Waals surface area contributed by atoms with Crippen LogP contribution in [-0.2, 0) is 22.6 Å². The van der Waals surface area contributed by atoms with Crippen LogP contribution in [0.5, 0.6) is 5.75 Å². The summed E-state index contributed by atoms with van der Waals surface area (Å²) < 4.78 is 13.1. The number of aromatic nitrogens is 4. The van der Waals surface area contributed by atoms with Crippen LogP contribution in [0.3, 0.4) is 0 Å². The molecule has 0 bridgehead atoms. The number of hydrogen-bond donors (Lipinski definition) is 2. The van der Waals surface area contributed by atoms with Gasteiger partial charge in [-0.15, -0.1) is 0 Å². The molecule has 0 saturated carbocycles. The van der Waals surface area contributed by atoms with Crippen molar-refractivity contribution in [3.63, 3.8) is 0 Å². The Hall–Kier alpha value is -3.24. The zero-order valence-corrected chi connectivity index (χ0v) is 19.6. The molecule has 1 aliphatic heterocycles. The first-order valence-corrected chi connectivity index (χ1v) is 11.3. The second-order valence-corrected chi connectivity index (χ2v) is 8.30. The predicted octanol–water partition coefficient (Wildman–Crippen LogP) is 2.94. The summed E-state index contributed by atoms with van der Waals surface area (Å²) in [6.07, 6.45) is 2.30. The molecule has 2 N–H and O–H groups in total. The molecule has 174 valence electrons. The number of hydrogen-bond acceptors (Lipinski definition) is 7. The maximum Gasteiger partial charge on any atom is 0.222 e. The molecule has 10 heteroatoms. The van der Waals surface area contributed by atoms with Crippen LogP contribution in [-0.4, -0.2) is 58.6 Å². The van der Waals surface area contributed by atoms with Gasteiger partial charge in [-0.1, -0.05) is 6.07 Å². The number of ether oxygens (including phenoxy) is 2. The average molecular weight is 469 g/mol. The first-order valence-electron chi connectivity index (χ1n) is 10.9. The van der Waals surface area contributed by atoms with Gasteiger partial charge in [0.2, 0.25) is 5.91 Å². The summed E-state index contributed by atoms with van der Waals surface area (Å²) >= 11 is 5.36. The number of carbonyl (C=O) groups is 1. The summed E-state index contributed by atoms with van der Waals surface area (Å²) in [5, 5.41) is 10.1. The van der Waals surface area contributed by atoms with E-state index >= 15 is 0 Å². The molecule has 1 amide bonds. The molecule has 2 aromatic heterocycles. The molecule has 9 nitrogen and oxygen atoms in total. The fourth-order valence-corrected chi connectivity index (χ4v) is 3.95. The Morgan fingerprint density at radius 3 is 2.82 bits per heavy atom. The van der Waals surface area contributed by atoms with Crippen molar-refractivity contribution in [1.82, 2.24) is 25.1 Å². The van der Waals surface area contributed by atoms with E-state index in [1.165, 1.54) is 0 Å². The maximum atomic E-state index is 12.5. The summed E-state index contributed by atoms with van der Waals surface area (Å²) in [6, 6.07) is 11.5. The van der Waals surface area contributed by atoms with E-state index in [4.69, 9.17) is 21.7 Å². The number of H-pyrrole nitrogens is 1. The predicted molar refractivity (Wildman–Crippen MR) is 128 cm³/mol. The molecule has 1 saturated heterocycles. The van der Waals surface area contributed by atoms with Gasteiger partial charge in [0.05, 0.1) is 19.8 Å². The average Bonchev–Trinajstić information content (AvgIpc) is 3.22. The van der Waals surface area contributed by atoms with Crippen LogP contribution >= 0.6 is 12.2 Å². The number of carbonyl (C=O) groups excluding carboxylic acids is 1. The maximum absolute atomic E-state index is 12.5. The Kier molecular flexibility index (Phi) is 7.36. The molecular weight excluding hydrogens is 440 g/mol. The standard InChI is InChI=1S/C23H28N6O3S/c1-16-15-28(11-12-32-16)20-8-3-17(13-24-20)14-25-21(30)9-10-29-22(26-27-23(29)33)18-4-6-19(31-2)7-5-18/h3-8,13,16H,9-12,14-15H2,1-2H3,(H,25,30)(H,27,33). The molecule has 1 aromatic carbocycles. The van der Waals surface area contributed by atoms with E-state index in [9.17, 15) is 4.79 Å². The van der Waals surface area contributed by atoms with E-state index < -0.39 is 0 Å². The third-order valence-electron chi connectivity index (χ3n) is 5.53. The fourth-order valence-electron chi connectivity index (χ4n) is 3.72. The molecule has 3 heterocycles. The summed E-state index contributed by atoms with van der Waals surface area (Å²) in [4.78, 5) is 19.2. The van der Waals surface area contributed by atoms with Crippen LogP contribution in [0, 0.1) is 4.77 Å². The Labute approximate surface area is 197 Å². The minimum atomic E-state index is -0.0649. The quantitative estimate of drug-likeness (QED) is 0.491. The molecule has 3 aromatic rings. The lowest BCUT2D eigenvalue weighted by Gasteiger charge is -2.32. The number of methoxy groups -OCH3 is 1. The third kappa shape index (κ3) is 5.77. The number of morpholine rings is 1. The van der Waals surface area contributed by atoms with Gasteiger partial charge in [-0.05, 0) is 55.0 Å². The fraction of sp³-hybridized carbons (Fsp3) is 0.391. The number of amides is 1. The Balaban J connectivity index is 1.30. The number of anilines is 1. The van der Waals surface area contributed by atoms with Gasteiger partial charge in [0.25, 0.3) is 0 Å². The van der Waals surface area contributed by atoms with Crippen molar-refractivity contribution >= 4 is 23.9 Å². The molecule has 1 atom stereocenters. The topological polar surface area (TPSA) is 97.3 Å². The number of nitrogens with one attached hydrogen (secondary N) is 2. The Morgan fingerprint density at radius 1 is 1.30 bits per heavy atom. The van der Waals surface area contributed by atoms with Crippen molar-refractivity contribution in [2.75, 3.05) is 31.7 Å². The van der Waals surface area contributed by atoms with Crippen molar-refractivity contribution in [2.24, 2.45) is 0 Å². The van der Waals surface area contributed by atoms with E-state index in [-0.39, 0.29) is 18.4 Å². The summed E-state index contributed by atoms with van der Waals surface area (Å²) in [5.74, 6) is 2.32. The molecule has 1 fully saturated rings. The van der Waals surface area contributed by atoms with Crippen LogP contribution in [0.2, 0.25) is 0 Å². The van der Waals surface area contributed by atoms with E-state index in [1.807, 2.05) is 47.2 Å². The van der Waals surface area contributed by atoms with E-state index in [0.29, 0.717) is 30.3 Å². The van der Waals surface area contributed by atoms with Crippen LogP contribution in [0.4, 0.5) is 5.82 Å². The lowest BCUT2D eigenvalue weighted by molar-refractivity contribution is -0.121. The van der Waals surface area contributed by atoms with Gasteiger partial charge in [-0.2, -0.15) is 5.10 Å². The highest BCUT2D eigenvalue weighted by molar-refractivity contribution is 7.71. The Bertz CT molecular complexity index is 1130. The van der Waals surface area contributed by atoms with Gasteiger partial charge in [-0.3, -0.25) is 14.5 Å². The van der Waals surface area contributed by atoms with Gasteiger partial charge in [0, 0.05) is 44.4 Å². The molecule has 0 radical (unpaired) electrons. The highest BCUT2D eigenvalue weighted by Crippen LogP contribution is 2.21. The summed E-state index contributed by atoms with van der Waals surface area (Å²) in [5.41, 5.74) is 1.84. The van der Waals surface area contributed by atoms with Crippen molar-refractivity contribution < 1.29 is 14.3 Å². The number of nitrogens with zero attached hydrogens (tertiary/aromatic N) is 4. The highest BCUT2D eigenvalue weighted by atomic mass is 32.1. The molecule has 4 rings (SSSR count). The van der Waals surface area contributed by atoms with Gasteiger partial charge in [-0.25, -0.2) is 4.98 Å². The molecule has 0 aliphatic carbocycles. The lowest BCUT2D eigenvalue weighted by Crippen LogP contribution is -2.41. The second-order valence-electron chi connectivity index (χ2n) is 7.91. The lowest BCUT2D eigenvalue weighted by atomic mass is 10.2. The zero-order chi connectivity index (χ0) is 23.2. The van der Waals surface area contributed by atoms with Crippen LogP contribution in [0.15, 0.2) is 42.6 Å². The molecule has 33 heavy (non-hydrogen) atoms. The number of pyridine rings is 1. The van der Waals surface area contributed by atoms with Crippen molar-refractivity contribution in [1.29, 1.82) is 0 Å². The number of rotatable bonds is 8. The van der Waals surface area contributed by atoms with E-state index in [2.05, 4.69) is 32.3 Å². The minimum Gasteiger partial charge on any atom is -0.497 e. The van der Waals surface area contributed by atoms with Gasteiger partial charge in [0.15, 0.2) is 10.6 Å². The van der Waals surface area contributed by atoms with Gasteiger partial charge in [0.1, 0.15) is 11.6 Å². The second kappa shape index (κ2) is 10.6. The molecular formula is C23H28N6O3S. The number of benzene rings is 1. The van der Waals surface area contributed by atoms with Crippen molar-refractivity contribution in [2.45, 2.75) is 32.5 Å².